The maximum absolute atomic E-state index is 10.4. The Morgan fingerprint density at radius 2 is 1.15 bits per heavy atom. The van der Waals surface area contributed by atoms with Gasteiger partial charge in [0.15, 0.2) is 0 Å². The van der Waals surface area contributed by atoms with Crippen molar-refractivity contribution >= 4 is 28.0 Å². The first-order valence-electron chi connectivity index (χ1n) is 10.6. The molecule has 172 valence electrons. The SMILES string of the molecule is C[N+](C)(C)c1ccc(/C=C/C=C/C=C/c2ccccc2)cc1.Cc1ccc(S(=O)(=O)[O-])cc1. The molecule has 5 heteroatoms. The van der Waals surface area contributed by atoms with Crippen LogP contribution in [0.5, 0.6) is 0 Å². The second-order valence-electron chi connectivity index (χ2n) is 8.38. The maximum Gasteiger partial charge on any atom is 0.132 e. The molecule has 0 aliphatic heterocycles. The van der Waals surface area contributed by atoms with Crippen LogP contribution in [0.3, 0.4) is 0 Å². The third-order valence-corrected chi connectivity index (χ3v) is 5.54. The minimum atomic E-state index is -4.27. The number of benzene rings is 3. The highest BCUT2D eigenvalue weighted by molar-refractivity contribution is 7.85. The topological polar surface area (TPSA) is 57.2 Å². The Morgan fingerprint density at radius 3 is 1.61 bits per heavy atom. The third kappa shape index (κ3) is 9.83. The summed E-state index contributed by atoms with van der Waals surface area (Å²) in [6.45, 7) is 1.82. The van der Waals surface area contributed by atoms with Crippen LogP contribution in [0, 0.1) is 6.92 Å². The predicted octanol–water partition coefficient (Wildman–Crippen LogP) is 6.07. The molecule has 0 radical (unpaired) electrons. The van der Waals surface area contributed by atoms with Crippen molar-refractivity contribution in [2.45, 2.75) is 11.8 Å². The van der Waals surface area contributed by atoms with Gasteiger partial charge in [-0.15, -0.1) is 0 Å². The fraction of sp³-hybridized carbons (Fsp3) is 0.143. The Bertz CT molecular complexity index is 1180. The van der Waals surface area contributed by atoms with Gasteiger partial charge in [0.2, 0.25) is 0 Å². The minimum absolute atomic E-state index is 0.178. The quantitative estimate of drug-likeness (QED) is 0.254. The van der Waals surface area contributed by atoms with Crippen LogP contribution in [0.25, 0.3) is 12.2 Å². The van der Waals surface area contributed by atoms with E-state index < -0.39 is 10.1 Å². The van der Waals surface area contributed by atoms with Gasteiger partial charge in [-0.3, -0.25) is 4.48 Å². The highest BCUT2D eigenvalue weighted by Gasteiger charge is 2.10. The van der Waals surface area contributed by atoms with Crippen LogP contribution < -0.4 is 4.48 Å². The highest BCUT2D eigenvalue weighted by Crippen LogP contribution is 2.17. The Balaban J connectivity index is 0.000000294. The van der Waals surface area contributed by atoms with Gasteiger partial charge in [0.1, 0.15) is 15.8 Å². The van der Waals surface area contributed by atoms with Crippen LogP contribution in [-0.2, 0) is 10.1 Å². The standard InChI is InChI=1S/C21H24N.C7H8O3S/c1-22(2,3)21-17-15-20(16-18-21)14-8-5-4-7-11-19-12-9-6-10-13-19;1-6-2-4-7(5-3-6)11(8,9)10/h4-18H,1-3H3;2-5H,1H3,(H,8,9,10)/q+1;/p-1/b5-4+,11-7+,14-8+;. The summed E-state index contributed by atoms with van der Waals surface area (Å²) < 4.78 is 32.0. The van der Waals surface area contributed by atoms with Crippen molar-refractivity contribution in [3.05, 3.63) is 120 Å². The van der Waals surface area contributed by atoms with Crippen molar-refractivity contribution in [2.75, 3.05) is 21.1 Å². The first-order valence-corrected chi connectivity index (χ1v) is 12.0. The van der Waals surface area contributed by atoms with Crippen molar-refractivity contribution in [1.29, 1.82) is 0 Å². The molecular weight excluding hydrogens is 430 g/mol. The molecule has 3 rings (SSSR count). The van der Waals surface area contributed by atoms with Crippen LogP contribution in [0.1, 0.15) is 16.7 Å². The number of nitrogens with zero attached hydrogens (tertiary/aromatic N) is 1. The lowest BCUT2D eigenvalue weighted by molar-refractivity contribution is 0.463. The minimum Gasteiger partial charge on any atom is -0.744 e. The molecule has 0 aliphatic carbocycles. The third-order valence-electron chi connectivity index (χ3n) is 4.69. The van der Waals surface area contributed by atoms with Gasteiger partial charge in [0.05, 0.1) is 26.0 Å². The van der Waals surface area contributed by atoms with Crippen LogP contribution >= 0.6 is 0 Å². The molecule has 0 saturated heterocycles. The summed E-state index contributed by atoms with van der Waals surface area (Å²) in [6, 6.07) is 24.8. The monoisotopic (exact) mass is 461 g/mol. The summed E-state index contributed by atoms with van der Waals surface area (Å²) >= 11 is 0. The van der Waals surface area contributed by atoms with Crippen LogP contribution in [-0.4, -0.2) is 34.1 Å². The number of hydrogen-bond acceptors (Lipinski definition) is 3. The largest absolute Gasteiger partial charge is 0.744 e. The van der Waals surface area contributed by atoms with E-state index >= 15 is 0 Å². The van der Waals surface area contributed by atoms with Gasteiger partial charge in [-0.1, -0.05) is 84.5 Å². The molecule has 3 aromatic rings. The Morgan fingerprint density at radius 1 is 0.667 bits per heavy atom. The second-order valence-corrected chi connectivity index (χ2v) is 9.76. The molecule has 0 bridgehead atoms. The molecule has 0 saturated carbocycles. The molecular formula is C28H31NO3S. The van der Waals surface area contributed by atoms with Gasteiger partial charge in [-0.2, -0.15) is 0 Å². The van der Waals surface area contributed by atoms with E-state index in [9.17, 15) is 13.0 Å². The number of quaternary nitrogens is 1. The average Bonchev–Trinajstić information content (AvgIpc) is 2.77. The molecule has 0 spiro atoms. The molecule has 0 N–H and O–H groups in total. The van der Waals surface area contributed by atoms with Gasteiger partial charge in [0.25, 0.3) is 0 Å². The van der Waals surface area contributed by atoms with E-state index in [4.69, 9.17) is 0 Å². The number of hydrogen-bond donors (Lipinski definition) is 0. The van der Waals surface area contributed by atoms with E-state index in [0.29, 0.717) is 0 Å². The Labute approximate surface area is 198 Å². The summed E-state index contributed by atoms with van der Waals surface area (Å²) in [7, 11) is 2.25. The van der Waals surface area contributed by atoms with E-state index in [-0.39, 0.29) is 4.90 Å². The Hall–Kier alpha value is -3.25. The van der Waals surface area contributed by atoms with Crippen LogP contribution in [0.2, 0.25) is 0 Å². The van der Waals surface area contributed by atoms with Crippen molar-refractivity contribution in [3.63, 3.8) is 0 Å². The zero-order valence-electron chi connectivity index (χ0n) is 19.5. The van der Waals surface area contributed by atoms with Crippen molar-refractivity contribution < 1.29 is 13.0 Å². The molecule has 0 amide bonds. The zero-order valence-corrected chi connectivity index (χ0v) is 20.4. The lowest BCUT2D eigenvalue weighted by atomic mass is 10.1. The van der Waals surface area contributed by atoms with E-state index in [2.05, 4.69) is 81.8 Å². The lowest BCUT2D eigenvalue weighted by Gasteiger charge is -2.23. The number of allylic oxidation sites excluding steroid dienone is 4. The summed E-state index contributed by atoms with van der Waals surface area (Å²) in [5.74, 6) is 0. The Kier molecular flexibility index (Phi) is 9.55. The van der Waals surface area contributed by atoms with Crippen LogP contribution in [0.4, 0.5) is 5.69 Å². The van der Waals surface area contributed by atoms with Crippen molar-refractivity contribution in [1.82, 2.24) is 4.48 Å². The smallest absolute Gasteiger partial charge is 0.132 e. The molecule has 0 fully saturated rings. The fourth-order valence-corrected chi connectivity index (χ4v) is 3.23. The summed E-state index contributed by atoms with van der Waals surface area (Å²) in [5.41, 5.74) is 4.66. The second kappa shape index (κ2) is 12.1. The molecule has 0 aliphatic rings. The summed E-state index contributed by atoms with van der Waals surface area (Å²) in [4.78, 5) is -0.178. The molecule has 3 aromatic carbocycles. The average molecular weight is 462 g/mol. The van der Waals surface area contributed by atoms with Crippen molar-refractivity contribution in [2.24, 2.45) is 0 Å². The van der Waals surface area contributed by atoms with Gasteiger partial charge < -0.3 is 4.55 Å². The number of aryl methyl sites for hydroxylation is 1. The zero-order chi connectivity index (χ0) is 24.3. The summed E-state index contributed by atoms with van der Waals surface area (Å²) in [5, 5.41) is 0. The first-order chi connectivity index (χ1) is 15.6. The van der Waals surface area contributed by atoms with Gasteiger partial charge in [0, 0.05) is 0 Å². The molecule has 4 nitrogen and oxygen atoms in total. The molecule has 0 atom stereocenters. The normalized spacial score (nSPS) is 12.3. The molecule has 0 heterocycles. The molecule has 33 heavy (non-hydrogen) atoms. The first kappa shape index (κ1) is 26.0. The lowest BCUT2D eigenvalue weighted by Crippen LogP contribution is -2.34. The molecule has 0 unspecified atom stereocenters. The maximum atomic E-state index is 10.4. The predicted molar refractivity (Wildman–Crippen MR) is 139 cm³/mol. The van der Waals surface area contributed by atoms with E-state index in [0.717, 1.165) is 10.0 Å². The highest BCUT2D eigenvalue weighted by atomic mass is 32.2. The van der Waals surface area contributed by atoms with Gasteiger partial charge in [-0.25, -0.2) is 8.42 Å². The molecule has 0 aromatic heterocycles. The van der Waals surface area contributed by atoms with Gasteiger partial charge >= 0.3 is 0 Å². The summed E-state index contributed by atoms with van der Waals surface area (Å²) in [6.07, 6.45) is 12.4. The van der Waals surface area contributed by atoms with E-state index in [1.807, 2.05) is 37.3 Å². The van der Waals surface area contributed by atoms with Gasteiger partial charge in [-0.05, 0) is 54.4 Å². The van der Waals surface area contributed by atoms with Crippen LogP contribution in [0.15, 0.2) is 108 Å². The fourth-order valence-electron chi connectivity index (χ4n) is 2.76. The number of rotatable bonds is 6. The van der Waals surface area contributed by atoms with Crippen molar-refractivity contribution in [3.8, 4) is 0 Å². The van der Waals surface area contributed by atoms with E-state index in [1.54, 1.807) is 12.1 Å². The van der Waals surface area contributed by atoms with E-state index in [1.165, 1.54) is 28.9 Å².